The third kappa shape index (κ3) is 2.75. The van der Waals surface area contributed by atoms with Crippen LogP contribution in [0.15, 0.2) is 6.33 Å². The lowest BCUT2D eigenvalue weighted by atomic mass is 9.96. The minimum Gasteiger partial charge on any atom is -0.360 e. The Morgan fingerprint density at radius 2 is 2.00 bits per heavy atom. The molecule has 0 unspecified atom stereocenters. The molecule has 118 valence electrons. The molecule has 0 saturated heterocycles. The number of aromatic nitrogens is 5. The summed E-state index contributed by atoms with van der Waals surface area (Å²) in [5.41, 5.74) is 2.43. The highest BCUT2D eigenvalue weighted by atomic mass is 15.3. The number of nitrogens with one attached hydrogen (secondary N) is 1. The Balaban J connectivity index is 1.95. The molecule has 7 nitrogen and oxygen atoms in total. The fourth-order valence-electron chi connectivity index (χ4n) is 2.85. The van der Waals surface area contributed by atoms with Crippen LogP contribution in [0, 0.1) is 0 Å². The van der Waals surface area contributed by atoms with Crippen LogP contribution in [-0.4, -0.2) is 38.8 Å². The highest BCUT2D eigenvalue weighted by Crippen LogP contribution is 2.29. The molecular formula is C15H23N7. The summed E-state index contributed by atoms with van der Waals surface area (Å²) < 4.78 is 1.93. The van der Waals surface area contributed by atoms with Crippen LogP contribution in [0.1, 0.15) is 42.9 Å². The van der Waals surface area contributed by atoms with Crippen molar-refractivity contribution in [3.8, 4) is 0 Å². The van der Waals surface area contributed by atoms with Crippen LogP contribution in [0.4, 0.5) is 11.8 Å². The number of aryl methyl sites for hydroxylation is 2. The van der Waals surface area contributed by atoms with Crippen LogP contribution in [-0.2, 0) is 19.9 Å². The lowest BCUT2D eigenvalue weighted by Crippen LogP contribution is -2.21. The van der Waals surface area contributed by atoms with Crippen molar-refractivity contribution in [2.45, 2.75) is 38.6 Å². The third-order valence-corrected chi connectivity index (χ3v) is 4.06. The van der Waals surface area contributed by atoms with Crippen molar-refractivity contribution >= 4 is 11.8 Å². The fourth-order valence-corrected chi connectivity index (χ4v) is 2.85. The zero-order chi connectivity index (χ0) is 15.7. The van der Waals surface area contributed by atoms with Gasteiger partial charge in [0, 0.05) is 26.7 Å². The number of hydrogen-bond donors (Lipinski definition) is 1. The normalized spacial score (nSPS) is 15.3. The van der Waals surface area contributed by atoms with Gasteiger partial charge < -0.3 is 14.8 Å². The smallest absolute Gasteiger partial charge is 0.227 e. The van der Waals surface area contributed by atoms with E-state index in [1.165, 1.54) is 24.1 Å². The fraction of sp³-hybridized carbons (Fsp3) is 0.600. The molecule has 22 heavy (non-hydrogen) atoms. The van der Waals surface area contributed by atoms with Gasteiger partial charge in [-0.05, 0) is 32.6 Å². The molecule has 2 aromatic heterocycles. The van der Waals surface area contributed by atoms with Gasteiger partial charge in [-0.3, -0.25) is 0 Å². The molecule has 1 aliphatic carbocycles. The van der Waals surface area contributed by atoms with E-state index in [1.54, 1.807) is 6.33 Å². The maximum atomic E-state index is 4.71. The number of hydrogen-bond acceptors (Lipinski definition) is 6. The first-order chi connectivity index (χ1) is 10.6. The molecule has 0 bridgehead atoms. The first-order valence-electron chi connectivity index (χ1n) is 7.74. The molecule has 0 radical (unpaired) electrons. The Labute approximate surface area is 130 Å². The summed E-state index contributed by atoms with van der Waals surface area (Å²) in [6.07, 6.45) is 6.19. The van der Waals surface area contributed by atoms with Crippen molar-refractivity contribution in [1.29, 1.82) is 0 Å². The number of fused-ring (bicyclic) bond motifs is 1. The third-order valence-electron chi connectivity index (χ3n) is 4.06. The molecule has 0 amide bonds. The predicted molar refractivity (Wildman–Crippen MR) is 86.0 cm³/mol. The quantitative estimate of drug-likeness (QED) is 0.927. The lowest BCUT2D eigenvalue weighted by Gasteiger charge is -2.23. The van der Waals surface area contributed by atoms with Crippen molar-refractivity contribution in [2.75, 3.05) is 24.3 Å². The van der Waals surface area contributed by atoms with E-state index in [0.29, 0.717) is 0 Å². The summed E-state index contributed by atoms with van der Waals surface area (Å²) in [4.78, 5) is 11.4. The molecule has 3 rings (SSSR count). The largest absolute Gasteiger partial charge is 0.360 e. The van der Waals surface area contributed by atoms with Gasteiger partial charge in [0.1, 0.15) is 12.1 Å². The average molecular weight is 301 g/mol. The molecule has 0 aliphatic heterocycles. The van der Waals surface area contributed by atoms with E-state index < -0.39 is 0 Å². The van der Waals surface area contributed by atoms with Gasteiger partial charge in [-0.1, -0.05) is 0 Å². The van der Waals surface area contributed by atoms with Crippen LogP contribution < -0.4 is 10.2 Å². The molecule has 7 heteroatoms. The Kier molecular flexibility index (Phi) is 3.96. The minimum absolute atomic E-state index is 0.0449. The summed E-state index contributed by atoms with van der Waals surface area (Å²) >= 11 is 0. The van der Waals surface area contributed by atoms with Gasteiger partial charge in [-0.25, -0.2) is 4.98 Å². The van der Waals surface area contributed by atoms with Crippen molar-refractivity contribution in [3.63, 3.8) is 0 Å². The van der Waals surface area contributed by atoms with Gasteiger partial charge in [0.25, 0.3) is 0 Å². The SMILES string of the molecule is C[C@@H](Nc1nc(N(C)C)nc2c1CCCC2)c1nncn1C. The first kappa shape index (κ1) is 14.7. The highest BCUT2D eigenvalue weighted by Gasteiger charge is 2.21. The monoisotopic (exact) mass is 301 g/mol. The maximum Gasteiger partial charge on any atom is 0.227 e. The molecule has 1 aliphatic rings. The van der Waals surface area contributed by atoms with Crippen molar-refractivity contribution in [3.05, 3.63) is 23.4 Å². The summed E-state index contributed by atoms with van der Waals surface area (Å²) in [7, 11) is 5.90. The van der Waals surface area contributed by atoms with E-state index in [-0.39, 0.29) is 6.04 Å². The number of anilines is 2. The molecule has 0 aromatic carbocycles. The summed E-state index contributed by atoms with van der Waals surface area (Å²) in [6.45, 7) is 2.08. The van der Waals surface area contributed by atoms with Crippen LogP contribution in [0.3, 0.4) is 0 Å². The molecule has 2 heterocycles. The lowest BCUT2D eigenvalue weighted by molar-refractivity contribution is 0.656. The predicted octanol–water partition coefficient (Wildman–Crippen LogP) is 1.72. The molecule has 1 N–H and O–H groups in total. The second kappa shape index (κ2) is 5.90. The highest BCUT2D eigenvalue weighted by molar-refractivity contribution is 5.52. The van der Waals surface area contributed by atoms with Crippen LogP contribution >= 0.6 is 0 Å². The zero-order valence-electron chi connectivity index (χ0n) is 13.7. The Bertz CT molecular complexity index is 662. The molecule has 0 saturated carbocycles. The van der Waals surface area contributed by atoms with Gasteiger partial charge >= 0.3 is 0 Å². The minimum atomic E-state index is 0.0449. The standard InChI is InChI=1S/C15H23N7/c1-10(14-20-16-9-22(14)4)17-13-11-7-5-6-8-12(11)18-15(19-13)21(2)3/h9-10H,5-8H2,1-4H3,(H,17,18,19)/t10-/m1/s1. The van der Waals surface area contributed by atoms with Crippen LogP contribution in [0.2, 0.25) is 0 Å². The zero-order valence-corrected chi connectivity index (χ0v) is 13.7. The summed E-state index contributed by atoms with van der Waals surface area (Å²) in [5, 5.41) is 11.6. The van der Waals surface area contributed by atoms with Gasteiger partial charge in [0.2, 0.25) is 5.95 Å². The molecule has 0 fully saturated rings. The number of rotatable bonds is 4. The van der Waals surface area contributed by atoms with E-state index >= 15 is 0 Å². The Hall–Kier alpha value is -2.18. The van der Waals surface area contributed by atoms with E-state index in [9.17, 15) is 0 Å². The van der Waals surface area contributed by atoms with Crippen molar-refractivity contribution in [2.24, 2.45) is 7.05 Å². The first-order valence-corrected chi connectivity index (χ1v) is 7.74. The maximum absolute atomic E-state index is 4.71. The van der Waals surface area contributed by atoms with Gasteiger partial charge in [-0.15, -0.1) is 10.2 Å². The van der Waals surface area contributed by atoms with E-state index in [0.717, 1.165) is 30.4 Å². The van der Waals surface area contributed by atoms with Crippen LogP contribution in [0.5, 0.6) is 0 Å². The van der Waals surface area contributed by atoms with Crippen LogP contribution in [0.25, 0.3) is 0 Å². The molecule has 2 aromatic rings. The second-order valence-electron chi connectivity index (χ2n) is 6.07. The van der Waals surface area contributed by atoms with Gasteiger partial charge in [0.05, 0.1) is 11.7 Å². The topological polar surface area (TPSA) is 71.8 Å². The molecule has 1 atom stereocenters. The average Bonchev–Trinajstić information content (AvgIpc) is 2.93. The van der Waals surface area contributed by atoms with Crippen molar-refractivity contribution in [1.82, 2.24) is 24.7 Å². The van der Waals surface area contributed by atoms with Crippen molar-refractivity contribution < 1.29 is 0 Å². The summed E-state index contributed by atoms with van der Waals surface area (Å²) in [5.74, 6) is 2.59. The van der Waals surface area contributed by atoms with E-state index in [4.69, 9.17) is 9.97 Å². The van der Waals surface area contributed by atoms with E-state index in [1.807, 2.05) is 30.6 Å². The molecular weight excluding hydrogens is 278 g/mol. The Morgan fingerprint density at radius 3 is 2.68 bits per heavy atom. The van der Waals surface area contributed by atoms with Gasteiger partial charge in [0.15, 0.2) is 5.82 Å². The number of nitrogens with zero attached hydrogens (tertiary/aromatic N) is 6. The van der Waals surface area contributed by atoms with E-state index in [2.05, 4.69) is 22.4 Å². The Morgan fingerprint density at radius 1 is 1.23 bits per heavy atom. The summed E-state index contributed by atoms with van der Waals surface area (Å²) in [6, 6.07) is 0.0449. The van der Waals surface area contributed by atoms with Gasteiger partial charge in [-0.2, -0.15) is 4.98 Å². The molecule has 0 spiro atoms. The second-order valence-corrected chi connectivity index (χ2v) is 6.07.